The number of nitrogens with two attached hydrogens (primary N) is 1. The summed E-state index contributed by atoms with van der Waals surface area (Å²) in [5.74, 6) is 1.44. The van der Waals surface area contributed by atoms with E-state index in [9.17, 15) is 14.4 Å². The van der Waals surface area contributed by atoms with Gasteiger partial charge < -0.3 is 34.9 Å². The monoisotopic (exact) mass is 433 g/mol. The number of hydrogen-bond donors (Lipinski definition) is 3. The fraction of sp³-hybridized carbons (Fsp3) is 0.368. The Hall–Kier alpha value is -3.80. The minimum atomic E-state index is -0.723. The lowest BCUT2D eigenvalue weighted by atomic mass is 10.4. The van der Waals surface area contributed by atoms with Gasteiger partial charge in [-0.15, -0.1) is 0 Å². The molecule has 4 N–H and O–H groups in total. The molecule has 0 aliphatic carbocycles. The van der Waals surface area contributed by atoms with Crippen LogP contribution in [-0.4, -0.2) is 54.6 Å². The molecule has 0 spiro atoms. The third kappa shape index (κ3) is 6.34. The molecule has 0 saturated heterocycles. The van der Waals surface area contributed by atoms with Crippen LogP contribution in [0.5, 0.6) is 11.5 Å². The molecule has 12 heteroatoms. The van der Waals surface area contributed by atoms with Crippen LogP contribution in [-0.2, 0) is 23.8 Å². The highest BCUT2D eigenvalue weighted by Gasteiger charge is 2.24. The molecule has 2 aliphatic heterocycles. The Labute approximate surface area is 177 Å². The first-order valence-corrected chi connectivity index (χ1v) is 9.37. The standard InChI is InChI=1S/C13H19N5O6.C6H4O/c1-7(19)23-4-9(24-8(2)20)3-22-6-18-5-15-10-11(18)16-13(14)17-12(10)21;1-2-4-6-5(3-1)7-6/h9,15H,3-6H2,1-2H3,(H3,14,16,17,21);1-4H. The van der Waals surface area contributed by atoms with Crippen molar-refractivity contribution in [3.05, 3.63) is 34.6 Å². The number of esters is 2. The predicted molar refractivity (Wildman–Crippen MR) is 110 cm³/mol. The van der Waals surface area contributed by atoms with Crippen molar-refractivity contribution in [2.75, 3.05) is 42.6 Å². The highest BCUT2D eigenvalue weighted by Crippen LogP contribution is 2.43. The number of para-hydroxylation sites is 2. The summed E-state index contributed by atoms with van der Waals surface area (Å²) in [5.41, 5.74) is 5.47. The number of hydrogen-bond acceptors (Lipinski definition) is 11. The molecular weight excluding hydrogens is 410 g/mol. The van der Waals surface area contributed by atoms with Crippen molar-refractivity contribution in [3.8, 4) is 11.5 Å². The zero-order valence-corrected chi connectivity index (χ0v) is 17.0. The largest absolute Gasteiger partial charge is 0.462 e. The van der Waals surface area contributed by atoms with Crippen LogP contribution in [0.1, 0.15) is 13.8 Å². The smallest absolute Gasteiger partial charge is 0.303 e. The Morgan fingerprint density at radius 1 is 1.23 bits per heavy atom. The minimum Gasteiger partial charge on any atom is -0.462 e. The van der Waals surface area contributed by atoms with Gasteiger partial charge in [0.05, 0.1) is 13.3 Å². The van der Waals surface area contributed by atoms with Crippen molar-refractivity contribution in [2.24, 2.45) is 0 Å². The average Bonchev–Trinajstić information content (AvgIpc) is 3.39. The highest BCUT2D eigenvalue weighted by atomic mass is 16.6. The summed E-state index contributed by atoms with van der Waals surface area (Å²) in [6, 6.07) is 7.84. The normalized spacial score (nSPS) is 13.4. The summed E-state index contributed by atoms with van der Waals surface area (Å²) >= 11 is 0. The summed E-state index contributed by atoms with van der Waals surface area (Å²) in [5, 5.41) is 2.89. The van der Waals surface area contributed by atoms with Gasteiger partial charge >= 0.3 is 11.9 Å². The fourth-order valence-electron chi connectivity index (χ4n) is 2.69. The number of H-pyrrole nitrogens is 1. The molecule has 2 aliphatic rings. The molecule has 1 unspecified atom stereocenters. The topological polar surface area (TPSA) is 161 Å². The second kappa shape index (κ2) is 9.80. The lowest BCUT2D eigenvalue weighted by molar-refractivity contribution is -0.159. The molecule has 12 nitrogen and oxygen atoms in total. The first-order valence-electron chi connectivity index (χ1n) is 9.37. The van der Waals surface area contributed by atoms with Crippen LogP contribution in [0.25, 0.3) is 0 Å². The van der Waals surface area contributed by atoms with Crippen molar-refractivity contribution >= 4 is 29.4 Å². The van der Waals surface area contributed by atoms with Gasteiger partial charge in [-0.2, -0.15) is 4.98 Å². The Morgan fingerprint density at radius 2 is 1.94 bits per heavy atom. The van der Waals surface area contributed by atoms with E-state index in [1.54, 1.807) is 4.90 Å². The molecule has 1 atom stereocenters. The summed E-state index contributed by atoms with van der Waals surface area (Å²) in [6.45, 7) is 2.81. The third-order valence-electron chi connectivity index (χ3n) is 4.05. The number of nitrogen functional groups attached to an aromatic ring is 1. The van der Waals surface area contributed by atoms with Crippen LogP contribution in [0.2, 0.25) is 0 Å². The van der Waals surface area contributed by atoms with Gasteiger partial charge in [0.1, 0.15) is 19.0 Å². The van der Waals surface area contributed by atoms with E-state index < -0.39 is 18.0 Å². The van der Waals surface area contributed by atoms with E-state index in [1.165, 1.54) is 13.8 Å². The van der Waals surface area contributed by atoms with Gasteiger partial charge in [0.2, 0.25) is 5.95 Å². The van der Waals surface area contributed by atoms with Crippen molar-refractivity contribution in [1.82, 2.24) is 9.97 Å². The molecule has 1 aromatic heterocycles. The van der Waals surface area contributed by atoms with Gasteiger partial charge in [-0.25, -0.2) is 0 Å². The molecule has 31 heavy (non-hydrogen) atoms. The van der Waals surface area contributed by atoms with Gasteiger partial charge in [0.15, 0.2) is 23.4 Å². The predicted octanol–water partition coefficient (Wildman–Crippen LogP) is 0.803. The molecule has 0 amide bonds. The first-order chi connectivity index (χ1) is 14.8. The van der Waals surface area contributed by atoms with E-state index in [0.717, 1.165) is 11.5 Å². The maximum Gasteiger partial charge on any atom is 0.303 e. The van der Waals surface area contributed by atoms with E-state index in [2.05, 4.69) is 15.3 Å². The molecule has 0 radical (unpaired) electrons. The molecule has 3 heterocycles. The lowest BCUT2D eigenvalue weighted by Gasteiger charge is -2.20. The van der Waals surface area contributed by atoms with Crippen LogP contribution in [0.15, 0.2) is 29.1 Å². The van der Waals surface area contributed by atoms with Crippen molar-refractivity contribution in [3.63, 3.8) is 0 Å². The number of ether oxygens (including phenoxy) is 4. The minimum absolute atomic E-state index is 0.0000905. The molecule has 0 saturated carbocycles. The number of benzene rings is 1. The zero-order chi connectivity index (χ0) is 22.4. The van der Waals surface area contributed by atoms with Gasteiger partial charge in [-0.05, 0) is 12.1 Å². The summed E-state index contributed by atoms with van der Waals surface area (Å²) in [6.07, 6.45) is -0.723. The number of aromatic nitrogens is 2. The Morgan fingerprint density at radius 3 is 2.55 bits per heavy atom. The maximum atomic E-state index is 11.7. The van der Waals surface area contributed by atoms with E-state index in [4.69, 9.17) is 24.7 Å². The molecule has 4 rings (SSSR count). The van der Waals surface area contributed by atoms with Gasteiger partial charge in [-0.1, -0.05) is 12.1 Å². The van der Waals surface area contributed by atoms with E-state index in [1.807, 2.05) is 24.3 Å². The lowest BCUT2D eigenvalue weighted by Crippen LogP contribution is -2.32. The number of rotatable bonds is 7. The average molecular weight is 433 g/mol. The quantitative estimate of drug-likeness (QED) is 0.357. The van der Waals surface area contributed by atoms with Crippen LogP contribution in [0.3, 0.4) is 0 Å². The third-order valence-corrected chi connectivity index (χ3v) is 4.05. The number of anilines is 3. The molecule has 166 valence electrons. The van der Waals surface area contributed by atoms with E-state index >= 15 is 0 Å². The summed E-state index contributed by atoms with van der Waals surface area (Å²) in [4.78, 5) is 41.7. The number of carbonyl (C=O) groups excluding carboxylic acids is 2. The van der Waals surface area contributed by atoms with E-state index in [-0.39, 0.29) is 31.5 Å². The SMILES string of the molecule is CC(=O)OCC(COCN1CNc2c1nc(N)[nH]c2=O)OC(C)=O.c1ccc2c(c1)O2. The molecule has 1 aromatic carbocycles. The number of aromatic amines is 1. The number of nitrogens with zero attached hydrogens (tertiary/aromatic N) is 2. The first kappa shape index (κ1) is 21.9. The van der Waals surface area contributed by atoms with Crippen LogP contribution in [0.4, 0.5) is 17.5 Å². The zero-order valence-electron chi connectivity index (χ0n) is 17.0. The molecule has 2 aromatic rings. The van der Waals surface area contributed by atoms with Gasteiger partial charge in [-0.3, -0.25) is 19.4 Å². The van der Waals surface area contributed by atoms with Gasteiger partial charge in [0.25, 0.3) is 5.56 Å². The fourth-order valence-corrected chi connectivity index (χ4v) is 2.69. The molecule has 0 fully saturated rings. The summed E-state index contributed by atoms with van der Waals surface area (Å²) in [7, 11) is 0. The van der Waals surface area contributed by atoms with Gasteiger partial charge in [0, 0.05) is 13.8 Å². The Kier molecular flexibility index (Phi) is 6.92. The van der Waals surface area contributed by atoms with Crippen LogP contribution in [0, 0.1) is 0 Å². The van der Waals surface area contributed by atoms with Crippen LogP contribution < -0.4 is 26.2 Å². The second-order valence-electron chi connectivity index (χ2n) is 6.61. The van der Waals surface area contributed by atoms with Crippen molar-refractivity contribution in [2.45, 2.75) is 20.0 Å². The highest BCUT2D eigenvalue weighted by molar-refractivity contribution is 5.70. The molecular formula is C19H23N5O7. The van der Waals surface area contributed by atoms with E-state index in [0.29, 0.717) is 18.2 Å². The second-order valence-corrected chi connectivity index (χ2v) is 6.61. The van der Waals surface area contributed by atoms with Crippen molar-refractivity contribution in [1.29, 1.82) is 0 Å². The Bertz CT molecular complexity index is 988. The molecule has 0 bridgehead atoms. The van der Waals surface area contributed by atoms with Crippen molar-refractivity contribution < 1.29 is 28.5 Å². The number of nitrogens with one attached hydrogen (secondary N) is 2. The maximum absolute atomic E-state index is 11.7. The number of fused-ring (bicyclic) bond motifs is 2. The van der Waals surface area contributed by atoms with Crippen LogP contribution >= 0.6 is 0 Å². The summed E-state index contributed by atoms with van der Waals surface area (Å²) < 4.78 is 20.2. The Balaban J connectivity index is 0.000000322. The number of carbonyl (C=O) groups is 2.